The zero-order chi connectivity index (χ0) is 19.8. The number of hydrogen-bond donors (Lipinski definition) is 0. The van der Waals surface area contributed by atoms with Crippen molar-refractivity contribution in [2.24, 2.45) is 40.4 Å². The number of Topliss-reactive ketones (excluding diaryl/α,β-unsaturated/α-hetero) is 1. The van der Waals surface area contributed by atoms with Crippen LogP contribution in [0.25, 0.3) is 0 Å². The lowest BCUT2D eigenvalue weighted by molar-refractivity contribution is -0.271. The molecule has 1 saturated heterocycles. The van der Waals surface area contributed by atoms with Crippen molar-refractivity contribution < 1.29 is 14.6 Å². The molecule has 3 rings (SSSR count). The average Bonchev–Trinajstić information content (AvgIpc) is 3.14. The molecule has 0 spiro atoms. The maximum absolute atomic E-state index is 13.5. The maximum atomic E-state index is 13.5. The van der Waals surface area contributed by atoms with E-state index >= 15 is 0 Å². The van der Waals surface area contributed by atoms with Crippen LogP contribution in [0.3, 0.4) is 0 Å². The number of rotatable bonds is 6. The molecule has 156 valence electrons. The number of carbonyl (C=O) groups is 1. The van der Waals surface area contributed by atoms with Gasteiger partial charge in [-0.15, -0.1) is 0 Å². The second-order valence-electron chi connectivity index (χ2n) is 10.8. The summed E-state index contributed by atoms with van der Waals surface area (Å²) in [7, 11) is 0. The lowest BCUT2D eigenvalue weighted by Crippen LogP contribution is -2.58. The zero-order valence-electron chi connectivity index (χ0n) is 18.6. The van der Waals surface area contributed by atoms with Crippen LogP contribution in [0, 0.1) is 40.4 Å². The summed E-state index contributed by atoms with van der Waals surface area (Å²) in [5.41, 5.74) is 0.420. The standard InChI is InChI=1S/C24H42O3/c1-7-16(2)8-10-18-17(3)9-11-21-23(4,5)14-12-19(24(18,21)6)22(25)20-13-15-26-27-20/h16-21H,7-15H2,1-6H3/t16-,17+,18+,19?,20?,21+,24+/m1/s1. The highest BCUT2D eigenvalue weighted by molar-refractivity contribution is 5.86. The summed E-state index contributed by atoms with van der Waals surface area (Å²) in [4.78, 5) is 24.0. The highest BCUT2D eigenvalue weighted by atomic mass is 17.2. The number of ketones is 1. The molecule has 0 amide bonds. The monoisotopic (exact) mass is 378 g/mol. The fraction of sp³-hybridized carbons (Fsp3) is 0.958. The van der Waals surface area contributed by atoms with Crippen LogP contribution in [0.4, 0.5) is 0 Å². The van der Waals surface area contributed by atoms with Crippen molar-refractivity contribution in [2.75, 3.05) is 6.61 Å². The fourth-order valence-corrected chi connectivity index (χ4v) is 7.01. The Balaban J connectivity index is 1.92. The third-order valence-corrected chi connectivity index (χ3v) is 8.89. The van der Waals surface area contributed by atoms with E-state index in [0.717, 1.165) is 25.2 Å². The molecule has 0 N–H and O–H groups in total. The maximum Gasteiger partial charge on any atom is 0.168 e. The first-order valence-corrected chi connectivity index (χ1v) is 11.5. The van der Waals surface area contributed by atoms with Gasteiger partial charge in [-0.1, -0.05) is 60.8 Å². The molecule has 3 nitrogen and oxygen atoms in total. The van der Waals surface area contributed by atoms with Crippen LogP contribution in [0.1, 0.15) is 92.9 Å². The van der Waals surface area contributed by atoms with E-state index in [9.17, 15) is 4.79 Å². The summed E-state index contributed by atoms with van der Waals surface area (Å²) in [6, 6.07) is 0. The molecule has 1 aliphatic heterocycles. The predicted octanol–water partition coefficient (Wildman–Crippen LogP) is 6.21. The van der Waals surface area contributed by atoms with Crippen LogP contribution in [0.2, 0.25) is 0 Å². The van der Waals surface area contributed by atoms with Crippen molar-refractivity contribution in [1.29, 1.82) is 0 Å². The van der Waals surface area contributed by atoms with Crippen molar-refractivity contribution in [3.05, 3.63) is 0 Å². The molecule has 3 fully saturated rings. The Bertz CT molecular complexity index is 522. The van der Waals surface area contributed by atoms with Gasteiger partial charge in [0, 0.05) is 12.3 Å². The molecular formula is C24H42O3. The van der Waals surface area contributed by atoms with Crippen LogP contribution in [0.15, 0.2) is 0 Å². The Labute approximate surface area is 166 Å². The van der Waals surface area contributed by atoms with Gasteiger partial charge in [-0.25, -0.2) is 9.78 Å². The summed E-state index contributed by atoms with van der Waals surface area (Å²) in [5, 5.41) is 0. The highest BCUT2D eigenvalue weighted by Gasteiger charge is 2.60. The van der Waals surface area contributed by atoms with Gasteiger partial charge in [0.25, 0.3) is 0 Å². The molecule has 27 heavy (non-hydrogen) atoms. The predicted molar refractivity (Wildman–Crippen MR) is 109 cm³/mol. The molecule has 2 unspecified atom stereocenters. The molecule has 0 aromatic carbocycles. The van der Waals surface area contributed by atoms with E-state index in [1.807, 2.05) is 0 Å². The normalized spacial score (nSPS) is 42.5. The van der Waals surface area contributed by atoms with Crippen LogP contribution >= 0.6 is 0 Å². The highest BCUT2D eigenvalue weighted by Crippen LogP contribution is 2.64. The summed E-state index contributed by atoms with van der Waals surface area (Å²) >= 11 is 0. The van der Waals surface area contributed by atoms with E-state index in [1.54, 1.807) is 0 Å². The van der Waals surface area contributed by atoms with Crippen LogP contribution in [-0.2, 0) is 14.6 Å². The van der Waals surface area contributed by atoms with E-state index in [4.69, 9.17) is 9.78 Å². The number of hydrogen-bond acceptors (Lipinski definition) is 3. The van der Waals surface area contributed by atoms with E-state index in [0.29, 0.717) is 35.6 Å². The molecule has 0 aromatic heterocycles. The molecule has 3 heteroatoms. The Morgan fingerprint density at radius 2 is 1.89 bits per heavy atom. The van der Waals surface area contributed by atoms with E-state index in [2.05, 4.69) is 41.5 Å². The minimum atomic E-state index is -0.332. The van der Waals surface area contributed by atoms with Gasteiger partial charge in [0.05, 0.1) is 6.61 Å². The molecule has 1 heterocycles. The third-order valence-electron chi connectivity index (χ3n) is 8.89. The second kappa shape index (κ2) is 8.14. The van der Waals surface area contributed by atoms with Gasteiger partial charge in [0.1, 0.15) is 0 Å². The smallest absolute Gasteiger partial charge is 0.168 e. The molecular weight excluding hydrogens is 336 g/mol. The van der Waals surface area contributed by atoms with E-state index < -0.39 is 0 Å². The Kier molecular flexibility index (Phi) is 6.43. The molecule has 0 aromatic rings. The lowest BCUT2D eigenvalue weighted by Gasteiger charge is -2.62. The van der Waals surface area contributed by atoms with Gasteiger partial charge >= 0.3 is 0 Å². The third kappa shape index (κ3) is 3.88. The summed E-state index contributed by atoms with van der Waals surface area (Å²) in [6.45, 7) is 15.1. The second-order valence-corrected chi connectivity index (χ2v) is 10.8. The van der Waals surface area contributed by atoms with Gasteiger partial charge in [-0.2, -0.15) is 0 Å². The first-order valence-electron chi connectivity index (χ1n) is 11.5. The van der Waals surface area contributed by atoms with E-state index in [1.165, 1.54) is 32.1 Å². The van der Waals surface area contributed by atoms with Gasteiger partial charge in [0.15, 0.2) is 11.9 Å². The first kappa shape index (κ1) is 21.3. The minimum Gasteiger partial charge on any atom is -0.296 e. The molecule has 2 saturated carbocycles. The zero-order valence-corrected chi connectivity index (χ0v) is 18.6. The lowest BCUT2D eigenvalue weighted by atomic mass is 9.42. The quantitative estimate of drug-likeness (QED) is 0.516. The van der Waals surface area contributed by atoms with Crippen molar-refractivity contribution in [1.82, 2.24) is 0 Å². The van der Waals surface area contributed by atoms with Crippen molar-refractivity contribution in [3.63, 3.8) is 0 Å². The van der Waals surface area contributed by atoms with Crippen LogP contribution in [-0.4, -0.2) is 18.5 Å². The topological polar surface area (TPSA) is 35.5 Å². The Hall–Kier alpha value is -0.410. The Morgan fingerprint density at radius 1 is 1.15 bits per heavy atom. The largest absolute Gasteiger partial charge is 0.296 e. The molecule has 0 bridgehead atoms. The first-order chi connectivity index (χ1) is 12.7. The minimum absolute atomic E-state index is 0.0932. The summed E-state index contributed by atoms with van der Waals surface area (Å²) in [6.07, 6.45) is 8.98. The summed E-state index contributed by atoms with van der Waals surface area (Å²) < 4.78 is 0. The van der Waals surface area contributed by atoms with Gasteiger partial charge in [-0.3, -0.25) is 4.79 Å². The van der Waals surface area contributed by atoms with Crippen molar-refractivity contribution in [2.45, 2.75) is 99.0 Å². The van der Waals surface area contributed by atoms with Gasteiger partial charge in [-0.05, 0) is 60.2 Å². The van der Waals surface area contributed by atoms with Gasteiger partial charge < -0.3 is 0 Å². The van der Waals surface area contributed by atoms with Crippen molar-refractivity contribution in [3.8, 4) is 0 Å². The van der Waals surface area contributed by atoms with E-state index in [-0.39, 0.29) is 17.4 Å². The summed E-state index contributed by atoms with van der Waals surface area (Å²) in [5.74, 6) is 3.22. The molecule has 3 aliphatic rings. The fourth-order valence-electron chi connectivity index (χ4n) is 7.01. The Morgan fingerprint density at radius 3 is 2.52 bits per heavy atom. The van der Waals surface area contributed by atoms with Crippen LogP contribution < -0.4 is 0 Å². The molecule has 7 atom stereocenters. The van der Waals surface area contributed by atoms with Crippen molar-refractivity contribution >= 4 is 5.78 Å². The number of fused-ring (bicyclic) bond motifs is 1. The molecule has 0 radical (unpaired) electrons. The van der Waals surface area contributed by atoms with Gasteiger partial charge in [0.2, 0.25) is 0 Å². The SMILES string of the molecule is CC[C@@H](C)CC[C@H]1[C@@H](C)CC[C@H]2C(C)(C)CCC(C(=O)C3CCOO3)[C@]12C. The molecule has 2 aliphatic carbocycles. The average molecular weight is 379 g/mol. The van der Waals surface area contributed by atoms with Crippen LogP contribution in [0.5, 0.6) is 0 Å². The number of carbonyl (C=O) groups excluding carboxylic acids is 1.